The van der Waals surface area contributed by atoms with E-state index in [4.69, 9.17) is 9.47 Å². The Balaban J connectivity index is 1.51. The lowest BCUT2D eigenvalue weighted by Gasteiger charge is -2.23. The predicted molar refractivity (Wildman–Crippen MR) is 75.5 cm³/mol. The Bertz CT molecular complexity index is 528. The van der Waals surface area contributed by atoms with Gasteiger partial charge in [-0.15, -0.1) is 0 Å². The molecule has 114 valence electrons. The summed E-state index contributed by atoms with van der Waals surface area (Å²) in [6.07, 6.45) is 2.41. The number of nitrogens with one attached hydrogen (secondary N) is 1. The molecule has 2 atom stereocenters. The molecule has 2 aliphatic rings. The van der Waals surface area contributed by atoms with Gasteiger partial charge in [0.1, 0.15) is 11.6 Å². The number of carbonyl (C=O) groups excluding carboxylic acids is 1. The van der Waals surface area contributed by atoms with Crippen LogP contribution in [0.25, 0.3) is 0 Å². The first kappa shape index (κ1) is 14.3. The number of halogens is 1. The van der Waals surface area contributed by atoms with E-state index >= 15 is 0 Å². The van der Waals surface area contributed by atoms with E-state index in [0.29, 0.717) is 5.75 Å². The maximum absolute atomic E-state index is 13.1. The third-order valence-corrected chi connectivity index (χ3v) is 4.47. The molecule has 1 aromatic rings. The van der Waals surface area contributed by atoms with Crippen LogP contribution >= 0.6 is 0 Å². The summed E-state index contributed by atoms with van der Waals surface area (Å²) in [6, 6.07) is 6.06. The van der Waals surface area contributed by atoms with Gasteiger partial charge in [-0.2, -0.15) is 0 Å². The number of carbonyl (C=O) groups is 1. The molecule has 1 spiro atoms. The summed E-state index contributed by atoms with van der Waals surface area (Å²) >= 11 is 0. The van der Waals surface area contributed by atoms with Gasteiger partial charge in [-0.05, 0) is 43.7 Å². The van der Waals surface area contributed by atoms with Crippen LogP contribution in [0.1, 0.15) is 26.2 Å². The van der Waals surface area contributed by atoms with E-state index in [2.05, 4.69) is 5.32 Å². The second-order valence-corrected chi connectivity index (χ2v) is 5.96. The molecular weight excluding hydrogens is 273 g/mol. The lowest BCUT2D eigenvalue weighted by Crippen LogP contribution is -2.40. The van der Waals surface area contributed by atoms with E-state index in [1.165, 1.54) is 12.1 Å². The third kappa shape index (κ3) is 3.18. The van der Waals surface area contributed by atoms with E-state index in [-0.39, 0.29) is 23.2 Å². The van der Waals surface area contributed by atoms with Crippen molar-refractivity contribution in [2.24, 2.45) is 5.41 Å². The summed E-state index contributed by atoms with van der Waals surface area (Å²) in [5.74, 6) is -0.148. The normalized spacial score (nSPS) is 24.4. The second kappa shape index (κ2) is 5.64. The smallest absolute Gasteiger partial charge is 0.261 e. The van der Waals surface area contributed by atoms with Crippen molar-refractivity contribution in [3.8, 4) is 5.75 Å². The van der Waals surface area contributed by atoms with E-state index in [1.54, 1.807) is 19.1 Å². The van der Waals surface area contributed by atoms with Gasteiger partial charge in [0.15, 0.2) is 6.10 Å². The first-order valence-electron chi connectivity index (χ1n) is 7.39. The molecule has 0 aromatic heterocycles. The van der Waals surface area contributed by atoms with Gasteiger partial charge in [0, 0.05) is 25.3 Å². The van der Waals surface area contributed by atoms with E-state index in [1.807, 2.05) is 0 Å². The molecule has 1 aliphatic heterocycles. The Morgan fingerprint density at radius 2 is 2.24 bits per heavy atom. The van der Waals surface area contributed by atoms with Crippen LogP contribution in [0.3, 0.4) is 0 Å². The Labute approximate surface area is 123 Å². The molecule has 1 heterocycles. The number of amides is 1. The molecular formula is C16H20FNO3. The highest BCUT2D eigenvalue weighted by Crippen LogP contribution is 2.53. The Morgan fingerprint density at radius 3 is 2.95 bits per heavy atom. The van der Waals surface area contributed by atoms with Gasteiger partial charge >= 0.3 is 0 Å². The minimum Gasteiger partial charge on any atom is -0.481 e. The summed E-state index contributed by atoms with van der Waals surface area (Å²) < 4.78 is 23.9. The molecule has 0 bridgehead atoms. The average molecular weight is 293 g/mol. The van der Waals surface area contributed by atoms with Crippen molar-refractivity contribution in [1.82, 2.24) is 5.32 Å². The monoisotopic (exact) mass is 293 g/mol. The maximum Gasteiger partial charge on any atom is 0.261 e. The van der Waals surface area contributed by atoms with E-state index in [9.17, 15) is 9.18 Å². The molecule has 1 saturated heterocycles. The molecule has 0 radical (unpaired) electrons. The first-order valence-corrected chi connectivity index (χ1v) is 7.39. The molecule has 1 saturated carbocycles. The van der Waals surface area contributed by atoms with Crippen LogP contribution in [0.5, 0.6) is 5.75 Å². The molecule has 5 heteroatoms. The van der Waals surface area contributed by atoms with Gasteiger partial charge in [0.25, 0.3) is 5.91 Å². The van der Waals surface area contributed by atoms with Crippen molar-refractivity contribution in [2.75, 3.05) is 13.2 Å². The van der Waals surface area contributed by atoms with Gasteiger partial charge in [-0.3, -0.25) is 4.79 Å². The largest absolute Gasteiger partial charge is 0.481 e. The van der Waals surface area contributed by atoms with E-state index in [0.717, 1.165) is 32.5 Å². The van der Waals surface area contributed by atoms with Gasteiger partial charge in [-0.1, -0.05) is 6.07 Å². The lowest BCUT2D eigenvalue weighted by molar-refractivity contribution is -0.127. The minimum absolute atomic E-state index is 0.146. The second-order valence-electron chi connectivity index (χ2n) is 5.96. The topological polar surface area (TPSA) is 47.6 Å². The van der Waals surface area contributed by atoms with Gasteiger partial charge in [0.05, 0.1) is 0 Å². The molecule has 2 fully saturated rings. The summed E-state index contributed by atoms with van der Waals surface area (Å²) in [5, 5.41) is 3.04. The molecule has 4 nitrogen and oxygen atoms in total. The number of ether oxygens (including phenoxy) is 2. The summed E-state index contributed by atoms with van der Waals surface area (Å²) in [7, 11) is 0. The van der Waals surface area contributed by atoms with E-state index < -0.39 is 6.10 Å². The van der Waals surface area contributed by atoms with Crippen LogP contribution in [-0.2, 0) is 9.53 Å². The van der Waals surface area contributed by atoms with Crippen LogP contribution in [0.15, 0.2) is 24.3 Å². The van der Waals surface area contributed by atoms with Crippen molar-refractivity contribution in [3.05, 3.63) is 30.1 Å². The molecule has 3 rings (SSSR count). The standard InChI is InChI=1S/C16H20FNO3/c1-11(21-13-4-2-3-12(17)9-13)15(19)18-14-10-16(14)5-7-20-8-6-16/h2-4,9,11,14H,5-8,10H2,1H3,(H,18,19). The fourth-order valence-electron chi connectivity index (χ4n) is 2.97. The SMILES string of the molecule is CC(Oc1cccc(F)c1)C(=O)NC1CC12CCOCC2. The Morgan fingerprint density at radius 1 is 1.48 bits per heavy atom. The Hall–Kier alpha value is -1.62. The number of benzene rings is 1. The fraction of sp³-hybridized carbons (Fsp3) is 0.562. The highest BCUT2D eigenvalue weighted by Gasteiger charge is 2.55. The molecule has 1 aromatic carbocycles. The molecule has 21 heavy (non-hydrogen) atoms. The highest BCUT2D eigenvalue weighted by atomic mass is 19.1. The minimum atomic E-state index is -0.635. The first-order chi connectivity index (χ1) is 10.1. The zero-order valence-electron chi connectivity index (χ0n) is 12.1. The number of rotatable bonds is 4. The number of hydrogen-bond donors (Lipinski definition) is 1. The summed E-state index contributed by atoms with van der Waals surface area (Å²) in [6.45, 7) is 3.24. The third-order valence-electron chi connectivity index (χ3n) is 4.47. The van der Waals surface area contributed by atoms with Crippen molar-refractivity contribution in [3.63, 3.8) is 0 Å². The van der Waals surface area contributed by atoms with Crippen LogP contribution in [0.4, 0.5) is 4.39 Å². The average Bonchev–Trinajstić information content (AvgIpc) is 3.10. The lowest BCUT2D eigenvalue weighted by atomic mass is 9.96. The van der Waals surface area contributed by atoms with Crippen molar-refractivity contribution >= 4 is 5.91 Å². The molecule has 1 amide bonds. The zero-order valence-corrected chi connectivity index (χ0v) is 12.1. The fourth-order valence-corrected chi connectivity index (χ4v) is 2.97. The number of hydrogen-bond acceptors (Lipinski definition) is 3. The van der Waals surface area contributed by atoms with Gasteiger partial charge < -0.3 is 14.8 Å². The van der Waals surface area contributed by atoms with Crippen LogP contribution in [-0.4, -0.2) is 31.3 Å². The molecule has 2 unspecified atom stereocenters. The van der Waals surface area contributed by atoms with Gasteiger partial charge in [-0.25, -0.2) is 4.39 Å². The van der Waals surface area contributed by atoms with Crippen LogP contribution < -0.4 is 10.1 Å². The maximum atomic E-state index is 13.1. The molecule has 1 aliphatic carbocycles. The highest BCUT2D eigenvalue weighted by molar-refractivity contribution is 5.81. The Kier molecular flexibility index (Phi) is 3.85. The van der Waals surface area contributed by atoms with Crippen molar-refractivity contribution in [1.29, 1.82) is 0 Å². The van der Waals surface area contributed by atoms with Crippen molar-refractivity contribution in [2.45, 2.75) is 38.3 Å². The van der Waals surface area contributed by atoms with Crippen LogP contribution in [0, 0.1) is 11.2 Å². The van der Waals surface area contributed by atoms with Crippen LogP contribution in [0.2, 0.25) is 0 Å². The predicted octanol–water partition coefficient (Wildman–Crippen LogP) is 2.28. The zero-order chi connectivity index (χ0) is 14.9. The van der Waals surface area contributed by atoms with Gasteiger partial charge in [0.2, 0.25) is 0 Å². The van der Waals surface area contributed by atoms with Crippen molar-refractivity contribution < 1.29 is 18.7 Å². The summed E-state index contributed by atoms with van der Waals surface area (Å²) in [4.78, 5) is 12.1. The quantitative estimate of drug-likeness (QED) is 0.926. The molecule has 1 N–H and O–H groups in total. The summed E-state index contributed by atoms with van der Waals surface area (Å²) in [5.41, 5.74) is 0.243.